The number of amides is 1. The summed E-state index contributed by atoms with van der Waals surface area (Å²) in [6.45, 7) is 3.51. The molecule has 2 aliphatic rings. The summed E-state index contributed by atoms with van der Waals surface area (Å²) in [6, 6.07) is 8.82. The van der Waals surface area contributed by atoms with Gasteiger partial charge in [0.1, 0.15) is 11.3 Å². The third kappa shape index (κ3) is 3.94. The van der Waals surface area contributed by atoms with Gasteiger partial charge in [-0.2, -0.15) is 0 Å². The smallest absolute Gasteiger partial charge is 0.287 e. The lowest BCUT2D eigenvalue weighted by Gasteiger charge is -2.57. The molecule has 1 atom stereocenters. The van der Waals surface area contributed by atoms with Crippen LogP contribution in [0.15, 0.2) is 39.2 Å². The van der Waals surface area contributed by atoms with Gasteiger partial charge in [0.15, 0.2) is 17.2 Å². The number of benzene rings is 1. The summed E-state index contributed by atoms with van der Waals surface area (Å²) in [6.07, 6.45) is 3.89. The van der Waals surface area contributed by atoms with Gasteiger partial charge in [-0.15, -0.1) is 0 Å². The SMILES string of the molecule is CC(C)S(=N)(=O)Cc1ccc(C(=O)NC2CC3(C2)CC(c2nc4cc(Cl)ccc4o2)C3)o1. The first-order chi connectivity index (χ1) is 15.1. The van der Waals surface area contributed by atoms with Crippen LogP contribution in [0.3, 0.4) is 0 Å². The molecular formula is C23H26ClN3O4S. The molecule has 1 amide bonds. The summed E-state index contributed by atoms with van der Waals surface area (Å²) in [4.78, 5) is 17.1. The van der Waals surface area contributed by atoms with Gasteiger partial charge in [0.2, 0.25) is 0 Å². The molecule has 2 N–H and O–H groups in total. The van der Waals surface area contributed by atoms with Crippen LogP contribution in [0.2, 0.25) is 5.02 Å². The van der Waals surface area contributed by atoms with Crippen LogP contribution >= 0.6 is 11.6 Å². The van der Waals surface area contributed by atoms with Crippen molar-refractivity contribution in [2.75, 3.05) is 0 Å². The number of hydrogen-bond acceptors (Lipinski definition) is 6. The Morgan fingerprint density at radius 2 is 2.00 bits per heavy atom. The molecule has 2 aliphatic carbocycles. The molecule has 1 aromatic carbocycles. The fourth-order valence-corrected chi connectivity index (χ4v) is 5.96. The van der Waals surface area contributed by atoms with Gasteiger partial charge in [-0.3, -0.25) is 9.57 Å². The number of rotatable bonds is 6. The number of fused-ring (bicyclic) bond motifs is 1. The number of nitrogens with zero attached hydrogens (tertiary/aromatic N) is 1. The Kier molecular flexibility index (Phi) is 5.13. The average molecular weight is 476 g/mol. The molecule has 32 heavy (non-hydrogen) atoms. The standard InChI is InChI=1S/C23H26ClN3O4S/c1-13(2)32(25,29)12-17-4-6-20(30-17)21(28)26-16-10-23(11-16)8-14(9-23)22-27-18-7-15(24)3-5-19(18)31-22/h3-7,13-14,16,25H,8-12H2,1-2H3,(H,26,28). The number of furan rings is 1. The maximum atomic E-state index is 12.5. The largest absolute Gasteiger partial charge is 0.455 e. The Bertz CT molecular complexity index is 1280. The summed E-state index contributed by atoms with van der Waals surface area (Å²) < 4.78 is 31.7. The summed E-state index contributed by atoms with van der Waals surface area (Å²) >= 11 is 6.03. The van der Waals surface area contributed by atoms with Crippen LogP contribution in [0, 0.1) is 10.2 Å². The maximum Gasteiger partial charge on any atom is 0.287 e. The highest BCUT2D eigenvalue weighted by Crippen LogP contribution is 2.61. The number of nitrogens with one attached hydrogen (secondary N) is 2. The minimum absolute atomic E-state index is 0.0217. The molecule has 2 saturated carbocycles. The third-order valence-corrected chi connectivity index (χ3v) is 9.24. The number of hydrogen-bond donors (Lipinski definition) is 2. The predicted octanol–water partition coefficient (Wildman–Crippen LogP) is 5.49. The first kappa shape index (κ1) is 21.5. The van der Waals surface area contributed by atoms with Crippen molar-refractivity contribution in [1.82, 2.24) is 10.3 Å². The fourth-order valence-electron chi connectivity index (χ4n) is 4.89. The highest BCUT2D eigenvalue weighted by atomic mass is 35.5. The first-order valence-corrected chi connectivity index (χ1v) is 13.0. The van der Waals surface area contributed by atoms with Gasteiger partial charge in [-0.1, -0.05) is 25.4 Å². The average Bonchev–Trinajstić information content (AvgIpc) is 3.28. The van der Waals surface area contributed by atoms with Crippen molar-refractivity contribution in [3.05, 3.63) is 52.8 Å². The van der Waals surface area contributed by atoms with E-state index < -0.39 is 9.73 Å². The van der Waals surface area contributed by atoms with Crippen molar-refractivity contribution in [3.63, 3.8) is 0 Å². The van der Waals surface area contributed by atoms with Gasteiger partial charge in [0, 0.05) is 22.2 Å². The molecule has 0 radical (unpaired) electrons. The second-order valence-corrected chi connectivity index (χ2v) is 12.7. The third-order valence-electron chi connectivity index (χ3n) is 6.77. The van der Waals surface area contributed by atoms with Crippen LogP contribution in [0.4, 0.5) is 0 Å². The zero-order chi connectivity index (χ0) is 22.7. The summed E-state index contributed by atoms with van der Waals surface area (Å²) in [5.41, 5.74) is 1.81. The predicted molar refractivity (Wildman–Crippen MR) is 122 cm³/mol. The second-order valence-electron chi connectivity index (χ2n) is 9.53. The topological polar surface area (TPSA) is 109 Å². The number of oxazole rings is 1. The lowest BCUT2D eigenvalue weighted by Crippen LogP contribution is -2.55. The Hall–Kier alpha value is -2.32. The van der Waals surface area contributed by atoms with Crippen molar-refractivity contribution in [2.24, 2.45) is 5.41 Å². The van der Waals surface area contributed by atoms with Crippen molar-refractivity contribution in [1.29, 1.82) is 4.78 Å². The van der Waals surface area contributed by atoms with E-state index in [9.17, 15) is 9.00 Å². The van der Waals surface area contributed by atoms with Crippen molar-refractivity contribution >= 4 is 38.3 Å². The van der Waals surface area contributed by atoms with Gasteiger partial charge in [-0.05, 0) is 61.4 Å². The molecule has 9 heteroatoms. The molecule has 2 heterocycles. The zero-order valence-corrected chi connectivity index (χ0v) is 19.6. The lowest BCUT2D eigenvalue weighted by molar-refractivity contribution is -0.0256. The van der Waals surface area contributed by atoms with E-state index in [0.717, 1.165) is 42.7 Å². The van der Waals surface area contributed by atoms with E-state index >= 15 is 0 Å². The fraction of sp³-hybridized carbons (Fsp3) is 0.478. The summed E-state index contributed by atoms with van der Waals surface area (Å²) in [5.74, 6) is 1.46. The molecule has 0 saturated heterocycles. The zero-order valence-electron chi connectivity index (χ0n) is 18.0. The minimum atomic E-state index is -2.78. The molecule has 5 rings (SSSR count). The van der Waals surface area contributed by atoms with Crippen LogP contribution in [0.5, 0.6) is 0 Å². The van der Waals surface area contributed by atoms with Crippen LogP contribution in [0.1, 0.15) is 67.7 Å². The quantitative estimate of drug-likeness (QED) is 0.490. The van der Waals surface area contributed by atoms with Crippen molar-refractivity contribution in [2.45, 2.75) is 62.5 Å². The van der Waals surface area contributed by atoms with Crippen LogP contribution < -0.4 is 5.32 Å². The highest BCUT2D eigenvalue weighted by molar-refractivity contribution is 7.92. The molecule has 0 bridgehead atoms. The Labute approximate surface area is 191 Å². The van der Waals surface area contributed by atoms with Crippen LogP contribution in [-0.2, 0) is 15.5 Å². The number of carbonyl (C=O) groups is 1. The lowest BCUT2D eigenvalue weighted by atomic mass is 9.50. The van der Waals surface area contributed by atoms with Gasteiger partial charge < -0.3 is 14.2 Å². The van der Waals surface area contributed by atoms with Crippen molar-refractivity contribution in [3.8, 4) is 0 Å². The molecule has 170 valence electrons. The van der Waals surface area contributed by atoms with Gasteiger partial charge >= 0.3 is 0 Å². The van der Waals surface area contributed by atoms with E-state index in [0.29, 0.717) is 16.7 Å². The summed E-state index contributed by atoms with van der Waals surface area (Å²) in [5, 5.41) is 3.41. The Morgan fingerprint density at radius 1 is 1.25 bits per heavy atom. The Balaban J connectivity index is 1.13. The van der Waals surface area contributed by atoms with Crippen molar-refractivity contribution < 1.29 is 17.8 Å². The van der Waals surface area contributed by atoms with Crippen LogP contribution in [-0.4, -0.2) is 26.4 Å². The molecule has 1 spiro atoms. The highest BCUT2D eigenvalue weighted by Gasteiger charge is 2.54. The Morgan fingerprint density at radius 3 is 2.72 bits per heavy atom. The number of carbonyl (C=O) groups excluding carboxylic acids is 1. The molecule has 2 aromatic heterocycles. The molecule has 1 unspecified atom stereocenters. The van der Waals surface area contributed by atoms with Crippen LogP contribution in [0.25, 0.3) is 11.1 Å². The van der Waals surface area contributed by atoms with E-state index in [1.54, 1.807) is 32.0 Å². The second kappa shape index (κ2) is 7.63. The number of aromatic nitrogens is 1. The van der Waals surface area contributed by atoms with Gasteiger partial charge in [0.05, 0.1) is 15.5 Å². The molecule has 3 aromatic rings. The van der Waals surface area contributed by atoms with E-state index in [-0.39, 0.29) is 34.1 Å². The van der Waals surface area contributed by atoms with E-state index in [1.165, 1.54) is 0 Å². The molecule has 0 aliphatic heterocycles. The minimum Gasteiger partial charge on any atom is -0.455 e. The first-order valence-electron chi connectivity index (χ1n) is 10.8. The van der Waals surface area contributed by atoms with Gasteiger partial charge in [-0.25, -0.2) is 9.19 Å². The van der Waals surface area contributed by atoms with E-state index in [1.807, 2.05) is 12.1 Å². The van der Waals surface area contributed by atoms with Gasteiger partial charge in [0.25, 0.3) is 5.91 Å². The number of halogens is 1. The summed E-state index contributed by atoms with van der Waals surface area (Å²) in [7, 11) is -2.78. The van der Waals surface area contributed by atoms with E-state index in [4.69, 9.17) is 25.2 Å². The van der Waals surface area contributed by atoms with E-state index in [2.05, 4.69) is 10.3 Å². The normalized spacial score (nSPS) is 26.6. The maximum absolute atomic E-state index is 12.5. The molecule has 2 fully saturated rings. The monoisotopic (exact) mass is 475 g/mol. The molecule has 7 nitrogen and oxygen atoms in total. The molecular weight excluding hydrogens is 450 g/mol.